The van der Waals surface area contributed by atoms with Crippen molar-refractivity contribution >= 4 is 45.8 Å². The summed E-state index contributed by atoms with van der Waals surface area (Å²) in [7, 11) is 0. The fourth-order valence-electron chi connectivity index (χ4n) is 1.49. The summed E-state index contributed by atoms with van der Waals surface area (Å²) in [5, 5.41) is 1.14. The Kier molecular flexibility index (Phi) is 4.12. The number of rotatable bonds is 2. The van der Waals surface area contributed by atoms with Crippen molar-refractivity contribution in [3.8, 4) is 0 Å². The average molecular weight is 380 g/mol. The van der Waals surface area contributed by atoms with Crippen molar-refractivity contribution in [1.29, 1.82) is 0 Å². The third kappa shape index (κ3) is 2.84. The summed E-state index contributed by atoms with van der Waals surface area (Å²) in [5.41, 5.74) is 0.726. The predicted octanol–water partition coefficient (Wildman–Crippen LogP) is 3.81. The van der Waals surface area contributed by atoms with Gasteiger partial charge in [-0.05, 0) is 46.9 Å². The molecule has 0 saturated heterocycles. The first kappa shape index (κ1) is 12.9. The molecule has 0 radical (unpaired) electrons. The molecule has 2 rings (SSSR count). The summed E-state index contributed by atoms with van der Waals surface area (Å²) in [6, 6.07) is 8.91. The van der Waals surface area contributed by atoms with Gasteiger partial charge in [0.1, 0.15) is 0 Å². The number of halogens is 3. The first-order valence-corrected chi connectivity index (χ1v) is 6.71. The van der Waals surface area contributed by atoms with Crippen LogP contribution in [0, 0.1) is 3.57 Å². The Morgan fingerprint density at radius 1 is 1.12 bits per heavy atom. The molecule has 0 spiro atoms. The minimum atomic E-state index is -0.0379. The van der Waals surface area contributed by atoms with Crippen molar-refractivity contribution in [3.05, 3.63) is 66.1 Å². The largest absolute Gasteiger partial charge is 0.310 e. The first-order chi connectivity index (χ1) is 8.09. The lowest BCUT2D eigenvalue weighted by Gasteiger charge is -2.09. The lowest BCUT2D eigenvalue weighted by molar-refractivity contribution is 0.755. The maximum atomic E-state index is 11.9. The fraction of sp³-hybridized carbons (Fsp3) is 0.0833. The van der Waals surface area contributed by atoms with Gasteiger partial charge in [0.05, 0.1) is 10.1 Å². The van der Waals surface area contributed by atoms with E-state index >= 15 is 0 Å². The second-order valence-corrected chi connectivity index (χ2v) is 5.47. The summed E-state index contributed by atoms with van der Waals surface area (Å²) in [6.45, 7) is 0.383. The molecule has 17 heavy (non-hydrogen) atoms. The van der Waals surface area contributed by atoms with Crippen molar-refractivity contribution in [2.24, 2.45) is 0 Å². The second kappa shape index (κ2) is 5.42. The Bertz CT molecular complexity index is 589. The molecule has 0 fully saturated rings. The van der Waals surface area contributed by atoms with Crippen molar-refractivity contribution < 1.29 is 0 Å². The molecular formula is C12H8Cl2INO. The highest BCUT2D eigenvalue weighted by Gasteiger charge is 2.07. The SMILES string of the molecule is O=c1c(I)cccn1Cc1c(Cl)cccc1Cl. The number of pyridine rings is 1. The van der Waals surface area contributed by atoms with Crippen molar-refractivity contribution in [1.82, 2.24) is 4.57 Å². The molecule has 1 aromatic heterocycles. The number of nitrogens with zero attached hydrogens (tertiary/aromatic N) is 1. The van der Waals surface area contributed by atoms with E-state index in [9.17, 15) is 4.79 Å². The van der Waals surface area contributed by atoms with Crippen LogP contribution in [0.4, 0.5) is 0 Å². The minimum absolute atomic E-state index is 0.0379. The van der Waals surface area contributed by atoms with Crippen molar-refractivity contribution in [2.45, 2.75) is 6.54 Å². The van der Waals surface area contributed by atoms with Crippen LogP contribution < -0.4 is 5.56 Å². The Hall–Kier alpha value is -0.520. The lowest BCUT2D eigenvalue weighted by Crippen LogP contribution is -2.22. The summed E-state index contributed by atoms with van der Waals surface area (Å²) in [4.78, 5) is 11.9. The van der Waals surface area contributed by atoms with Crippen molar-refractivity contribution in [3.63, 3.8) is 0 Å². The third-order valence-corrected chi connectivity index (χ3v) is 3.89. The lowest BCUT2D eigenvalue weighted by atomic mass is 10.2. The highest BCUT2D eigenvalue weighted by molar-refractivity contribution is 14.1. The van der Waals surface area contributed by atoms with Crippen LogP contribution >= 0.6 is 45.8 Å². The Morgan fingerprint density at radius 2 is 1.76 bits per heavy atom. The van der Waals surface area contributed by atoms with Crippen molar-refractivity contribution in [2.75, 3.05) is 0 Å². The topological polar surface area (TPSA) is 22.0 Å². The molecule has 0 N–H and O–H groups in total. The number of aromatic nitrogens is 1. The van der Waals surface area contributed by atoms with E-state index in [0.29, 0.717) is 20.2 Å². The van der Waals surface area contributed by atoms with Gasteiger partial charge < -0.3 is 4.57 Å². The van der Waals surface area contributed by atoms with Crippen LogP contribution in [0.3, 0.4) is 0 Å². The molecule has 0 aliphatic carbocycles. The zero-order valence-electron chi connectivity index (χ0n) is 8.66. The molecule has 0 saturated carbocycles. The van der Waals surface area contributed by atoms with Gasteiger partial charge in [0, 0.05) is 21.8 Å². The van der Waals surface area contributed by atoms with Crippen LogP contribution in [-0.4, -0.2) is 4.57 Å². The molecule has 1 heterocycles. The van der Waals surface area contributed by atoms with E-state index in [1.807, 2.05) is 28.7 Å². The molecule has 0 aliphatic heterocycles. The molecule has 5 heteroatoms. The maximum absolute atomic E-state index is 11.9. The number of hydrogen-bond acceptors (Lipinski definition) is 1. The summed E-state index contributed by atoms with van der Waals surface area (Å²) >= 11 is 14.2. The molecule has 0 bridgehead atoms. The van der Waals surface area contributed by atoms with Gasteiger partial charge in [-0.1, -0.05) is 29.3 Å². The quantitative estimate of drug-likeness (QED) is 0.727. The van der Waals surface area contributed by atoms with Gasteiger partial charge in [0.25, 0.3) is 5.56 Å². The van der Waals surface area contributed by atoms with E-state index in [0.717, 1.165) is 5.56 Å². The zero-order chi connectivity index (χ0) is 12.4. The van der Waals surface area contributed by atoms with Crippen LogP contribution in [0.25, 0.3) is 0 Å². The predicted molar refractivity (Wildman–Crippen MR) is 79.0 cm³/mol. The second-order valence-electron chi connectivity index (χ2n) is 3.49. The first-order valence-electron chi connectivity index (χ1n) is 4.87. The van der Waals surface area contributed by atoms with Gasteiger partial charge in [0.15, 0.2) is 0 Å². The summed E-state index contributed by atoms with van der Waals surface area (Å²) in [5.74, 6) is 0. The van der Waals surface area contributed by atoms with E-state index in [1.54, 1.807) is 35.0 Å². The Balaban J connectivity index is 2.45. The molecule has 0 amide bonds. The summed E-state index contributed by atoms with van der Waals surface area (Å²) in [6.07, 6.45) is 1.73. The summed E-state index contributed by atoms with van der Waals surface area (Å²) < 4.78 is 2.27. The van der Waals surface area contributed by atoms with E-state index in [-0.39, 0.29) is 5.56 Å². The molecule has 1 aromatic carbocycles. The highest BCUT2D eigenvalue weighted by Crippen LogP contribution is 2.24. The molecule has 0 unspecified atom stereocenters. The van der Waals surface area contributed by atoms with E-state index in [1.165, 1.54) is 0 Å². The highest BCUT2D eigenvalue weighted by atomic mass is 127. The van der Waals surface area contributed by atoms with Gasteiger partial charge >= 0.3 is 0 Å². The van der Waals surface area contributed by atoms with Gasteiger partial charge in [-0.25, -0.2) is 0 Å². The fourth-order valence-corrected chi connectivity index (χ4v) is 2.52. The number of benzene rings is 1. The Morgan fingerprint density at radius 3 is 2.41 bits per heavy atom. The van der Waals surface area contributed by atoms with Crippen LogP contribution in [0.5, 0.6) is 0 Å². The van der Waals surface area contributed by atoms with E-state index < -0.39 is 0 Å². The average Bonchev–Trinajstić information content (AvgIpc) is 2.29. The third-order valence-electron chi connectivity index (χ3n) is 2.36. The smallest absolute Gasteiger partial charge is 0.264 e. The Labute approximate surface area is 122 Å². The van der Waals surface area contributed by atoms with Gasteiger partial charge in [-0.2, -0.15) is 0 Å². The number of hydrogen-bond donors (Lipinski definition) is 0. The molecule has 88 valence electrons. The van der Waals surface area contributed by atoms with Gasteiger partial charge in [-0.15, -0.1) is 0 Å². The van der Waals surface area contributed by atoms with E-state index in [4.69, 9.17) is 23.2 Å². The standard InChI is InChI=1S/C12H8Cl2INO/c13-9-3-1-4-10(14)8(9)7-16-6-2-5-11(15)12(16)17/h1-6H,7H2. The minimum Gasteiger partial charge on any atom is -0.310 e. The van der Waals surface area contributed by atoms with Gasteiger partial charge in [0.2, 0.25) is 0 Å². The van der Waals surface area contributed by atoms with Crippen LogP contribution in [-0.2, 0) is 6.54 Å². The molecule has 0 aliphatic rings. The normalized spacial score (nSPS) is 10.5. The molecule has 2 nitrogen and oxygen atoms in total. The van der Waals surface area contributed by atoms with E-state index in [2.05, 4.69) is 0 Å². The zero-order valence-corrected chi connectivity index (χ0v) is 12.3. The molecular weight excluding hydrogens is 372 g/mol. The van der Waals surface area contributed by atoms with Crippen LogP contribution in [0.1, 0.15) is 5.56 Å². The van der Waals surface area contributed by atoms with Crippen LogP contribution in [0.2, 0.25) is 10.0 Å². The molecule has 2 aromatic rings. The van der Waals surface area contributed by atoms with Gasteiger partial charge in [-0.3, -0.25) is 4.79 Å². The van der Waals surface area contributed by atoms with Crippen LogP contribution in [0.15, 0.2) is 41.3 Å². The monoisotopic (exact) mass is 379 g/mol. The molecule has 0 atom stereocenters. The maximum Gasteiger partial charge on any atom is 0.264 e.